The molecule has 0 aliphatic rings. The van der Waals surface area contributed by atoms with Gasteiger partial charge in [-0.3, -0.25) is 9.59 Å². The molecule has 1 unspecified atom stereocenters. The van der Waals surface area contributed by atoms with Crippen molar-refractivity contribution in [2.45, 2.75) is 25.4 Å². The van der Waals surface area contributed by atoms with Crippen molar-refractivity contribution in [3.63, 3.8) is 0 Å². The maximum absolute atomic E-state index is 13.5. The summed E-state index contributed by atoms with van der Waals surface area (Å²) in [7, 11) is 0. The molecular weight excluding hydrogens is 328 g/mol. The lowest BCUT2D eigenvalue weighted by Crippen LogP contribution is -2.38. The van der Waals surface area contributed by atoms with Gasteiger partial charge in [0.15, 0.2) is 5.78 Å². The number of ketones is 1. The monoisotopic (exact) mass is 347 g/mol. The maximum Gasteiger partial charge on any atom is 0.220 e. The summed E-state index contributed by atoms with van der Waals surface area (Å²) >= 11 is 0. The van der Waals surface area contributed by atoms with Crippen LogP contribution >= 0.6 is 0 Å². The molecule has 0 radical (unpaired) electrons. The van der Waals surface area contributed by atoms with Gasteiger partial charge in [0.1, 0.15) is 17.2 Å². The van der Waals surface area contributed by atoms with Crippen molar-refractivity contribution >= 4 is 11.7 Å². The molecule has 2 aromatic rings. The van der Waals surface area contributed by atoms with Gasteiger partial charge in [-0.15, -0.1) is 0 Å². The molecule has 2 aromatic carbocycles. The molecule has 25 heavy (non-hydrogen) atoms. The zero-order chi connectivity index (χ0) is 18.4. The second-order valence-electron chi connectivity index (χ2n) is 5.96. The summed E-state index contributed by atoms with van der Waals surface area (Å²) in [6.45, 7) is 1.55. The molecule has 0 saturated heterocycles. The first-order valence-corrected chi connectivity index (χ1v) is 7.82. The van der Waals surface area contributed by atoms with Crippen LogP contribution in [0.15, 0.2) is 48.5 Å². The Kier molecular flexibility index (Phi) is 5.98. The Labute approximate surface area is 144 Å². The fourth-order valence-electron chi connectivity index (χ4n) is 2.34. The van der Waals surface area contributed by atoms with Gasteiger partial charge in [-0.05, 0) is 24.6 Å². The Hall–Kier alpha value is -2.60. The number of Topliss-reactive ketones (excluding diaryl/α,β-unsaturated/α-hetero) is 1. The zero-order valence-electron chi connectivity index (χ0n) is 13.8. The highest BCUT2D eigenvalue weighted by Crippen LogP contribution is 2.19. The van der Waals surface area contributed by atoms with E-state index in [9.17, 15) is 23.5 Å². The lowest BCUT2D eigenvalue weighted by molar-refractivity contribution is -0.122. The number of carbonyl (C=O) groups is 2. The van der Waals surface area contributed by atoms with E-state index in [0.717, 1.165) is 12.1 Å². The van der Waals surface area contributed by atoms with Crippen molar-refractivity contribution in [1.29, 1.82) is 0 Å². The number of nitrogens with one attached hydrogen (secondary N) is 1. The largest absolute Gasteiger partial charge is 0.384 e. The van der Waals surface area contributed by atoms with E-state index in [1.165, 1.54) is 0 Å². The normalized spacial score (nSPS) is 13.1. The topological polar surface area (TPSA) is 66.4 Å². The number of benzene rings is 2. The summed E-state index contributed by atoms with van der Waals surface area (Å²) in [6, 6.07) is 11.5. The number of amides is 1. The van der Waals surface area contributed by atoms with E-state index in [0.29, 0.717) is 11.6 Å². The zero-order valence-corrected chi connectivity index (χ0v) is 13.8. The number of rotatable bonds is 7. The minimum absolute atomic E-state index is 0.0189. The van der Waals surface area contributed by atoms with Crippen molar-refractivity contribution < 1.29 is 23.5 Å². The Balaban J connectivity index is 1.85. The molecule has 0 aliphatic carbocycles. The van der Waals surface area contributed by atoms with E-state index in [1.807, 2.05) is 6.07 Å². The Morgan fingerprint density at radius 1 is 1.08 bits per heavy atom. The number of hydrogen-bond donors (Lipinski definition) is 2. The molecule has 132 valence electrons. The Bertz CT molecular complexity index is 761. The van der Waals surface area contributed by atoms with Crippen LogP contribution in [-0.4, -0.2) is 23.3 Å². The van der Waals surface area contributed by atoms with E-state index >= 15 is 0 Å². The number of carbonyl (C=O) groups excluding carboxylic acids is 2. The lowest BCUT2D eigenvalue weighted by atomic mass is 9.96. The van der Waals surface area contributed by atoms with Crippen LogP contribution in [0, 0.1) is 11.6 Å². The molecule has 0 spiro atoms. The molecule has 4 nitrogen and oxygen atoms in total. The quantitative estimate of drug-likeness (QED) is 0.757. The van der Waals surface area contributed by atoms with Gasteiger partial charge in [-0.1, -0.05) is 30.3 Å². The number of hydrogen-bond acceptors (Lipinski definition) is 3. The lowest BCUT2D eigenvalue weighted by Gasteiger charge is -2.24. The Morgan fingerprint density at radius 2 is 1.76 bits per heavy atom. The summed E-state index contributed by atoms with van der Waals surface area (Å²) in [4.78, 5) is 23.8. The van der Waals surface area contributed by atoms with Gasteiger partial charge in [0.05, 0.1) is 12.1 Å². The summed E-state index contributed by atoms with van der Waals surface area (Å²) in [6.07, 6.45) is -0.359. The number of aliphatic hydroxyl groups is 1. The first-order valence-electron chi connectivity index (χ1n) is 7.82. The van der Waals surface area contributed by atoms with Crippen LogP contribution in [0.1, 0.15) is 35.7 Å². The van der Waals surface area contributed by atoms with Crippen LogP contribution in [-0.2, 0) is 10.4 Å². The van der Waals surface area contributed by atoms with Crippen LogP contribution in [0.25, 0.3) is 0 Å². The fraction of sp³-hybridized carbons (Fsp3) is 0.263. The summed E-state index contributed by atoms with van der Waals surface area (Å²) in [5.74, 6) is -2.73. The summed E-state index contributed by atoms with van der Waals surface area (Å²) in [5, 5.41) is 12.9. The smallest absolute Gasteiger partial charge is 0.220 e. The first kappa shape index (κ1) is 18.7. The summed E-state index contributed by atoms with van der Waals surface area (Å²) < 4.78 is 26.4. The van der Waals surface area contributed by atoms with E-state index in [-0.39, 0.29) is 24.9 Å². The molecule has 1 amide bonds. The molecule has 0 bridgehead atoms. The standard InChI is InChI=1S/C19H19F2NO3/c1-19(25,13-5-3-2-4-6-13)12-22-18(24)10-9-17(23)15-8-7-14(20)11-16(15)21/h2-8,11,25H,9-10,12H2,1H3,(H,22,24). The van der Waals surface area contributed by atoms with Gasteiger partial charge in [-0.25, -0.2) is 8.78 Å². The second-order valence-corrected chi connectivity index (χ2v) is 5.96. The average molecular weight is 347 g/mol. The van der Waals surface area contributed by atoms with E-state index in [2.05, 4.69) is 5.32 Å². The van der Waals surface area contributed by atoms with Crippen molar-refractivity contribution in [3.8, 4) is 0 Å². The van der Waals surface area contributed by atoms with Crippen molar-refractivity contribution in [3.05, 3.63) is 71.3 Å². The highest BCUT2D eigenvalue weighted by atomic mass is 19.1. The van der Waals surface area contributed by atoms with Gasteiger partial charge in [-0.2, -0.15) is 0 Å². The van der Waals surface area contributed by atoms with Crippen LogP contribution in [0.5, 0.6) is 0 Å². The molecule has 2 rings (SSSR count). The molecule has 6 heteroatoms. The third kappa shape index (κ3) is 5.19. The Morgan fingerprint density at radius 3 is 2.40 bits per heavy atom. The minimum Gasteiger partial charge on any atom is -0.384 e. The van der Waals surface area contributed by atoms with Gasteiger partial charge < -0.3 is 10.4 Å². The van der Waals surface area contributed by atoms with Gasteiger partial charge in [0.25, 0.3) is 0 Å². The highest BCUT2D eigenvalue weighted by Gasteiger charge is 2.23. The van der Waals surface area contributed by atoms with Gasteiger partial charge >= 0.3 is 0 Å². The third-order valence-electron chi connectivity index (χ3n) is 3.84. The molecule has 0 saturated carbocycles. The highest BCUT2D eigenvalue weighted by molar-refractivity contribution is 5.98. The minimum atomic E-state index is -1.25. The SMILES string of the molecule is CC(O)(CNC(=O)CCC(=O)c1ccc(F)cc1F)c1ccccc1. The molecular formula is C19H19F2NO3. The molecule has 0 aliphatic heterocycles. The number of halogens is 2. The second kappa shape index (κ2) is 7.98. The van der Waals surface area contributed by atoms with Crippen molar-refractivity contribution in [2.24, 2.45) is 0 Å². The average Bonchev–Trinajstić information content (AvgIpc) is 2.58. The molecule has 0 aromatic heterocycles. The van der Waals surface area contributed by atoms with E-state index in [1.54, 1.807) is 31.2 Å². The third-order valence-corrected chi connectivity index (χ3v) is 3.84. The molecule has 0 fully saturated rings. The van der Waals surface area contributed by atoms with Crippen LogP contribution in [0.3, 0.4) is 0 Å². The predicted molar refractivity (Wildman–Crippen MR) is 88.9 cm³/mol. The molecule has 1 atom stereocenters. The van der Waals surface area contributed by atoms with Crippen LogP contribution in [0.4, 0.5) is 8.78 Å². The van der Waals surface area contributed by atoms with Gasteiger partial charge in [0.2, 0.25) is 5.91 Å². The first-order chi connectivity index (χ1) is 11.8. The van der Waals surface area contributed by atoms with Crippen LogP contribution < -0.4 is 5.32 Å². The van der Waals surface area contributed by atoms with Crippen molar-refractivity contribution in [2.75, 3.05) is 6.54 Å². The predicted octanol–water partition coefficient (Wildman–Crippen LogP) is 2.95. The fourth-order valence-corrected chi connectivity index (χ4v) is 2.34. The van der Waals surface area contributed by atoms with Crippen LogP contribution in [0.2, 0.25) is 0 Å². The van der Waals surface area contributed by atoms with Crippen molar-refractivity contribution in [1.82, 2.24) is 5.32 Å². The maximum atomic E-state index is 13.5. The van der Waals surface area contributed by atoms with E-state index < -0.39 is 28.9 Å². The van der Waals surface area contributed by atoms with Gasteiger partial charge in [0, 0.05) is 18.9 Å². The molecule has 0 heterocycles. The molecule has 2 N–H and O–H groups in total. The summed E-state index contributed by atoms with van der Waals surface area (Å²) in [5.41, 5.74) is -0.838. The van der Waals surface area contributed by atoms with E-state index in [4.69, 9.17) is 0 Å².